The number of nitrogens with zero attached hydrogens (tertiary/aromatic N) is 1. The third-order valence-corrected chi connectivity index (χ3v) is 3.31. The fourth-order valence-corrected chi connectivity index (χ4v) is 2.51. The summed E-state index contributed by atoms with van der Waals surface area (Å²) in [7, 11) is 0. The van der Waals surface area contributed by atoms with Crippen LogP contribution in [0.1, 0.15) is 17.6 Å². The van der Waals surface area contributed by atoms with Gasteiger partial charge in [-0.05, 0) is 12.3 Å². The van der Waals surface area contributed by atoms with Crippen molar-refractivity contribution in [1.82, 2.24) is 10.3 Å². The van der Waals surface area contributed by atoms with Gasteiger partial charge in [-0.2, -0.15) is 0 Å². The maximum atomic E-state index is 4.47. The summed E-state index contributed by atoms with van der Waals surface area (Å²) in [6.07, 6.45) is 1.14. The zero-order valence-electron chi connectivity index (χ0n) is 7.55. The molecular weight excluding hydrogens is 168 g/mol. The highest BCUT2D eigenvalue weighted by Crippen LogP contribution is 2.27. The monoisotopic (exact) mass is 182 g/mol. The van der Waals surface area contributed by atoms with Gasteiger partial charge in [0.25, 0.3) is 0 Å². The normalized spacial score (nSPS) is 20.5. The summed E-state index contributed by atoms with van der Waals surface area (Å²) in [4.78, 5) is 4.47. The van der Waals surface area contributed by atoms with Gasteiger partial charge in [0.15, 0.2) is 0 Å². The minimum absolute atomic E-state index is 0.476. The Morgan fingerprint density at radius 1 is 1.67 bits per heavy atom. The van der Waals surface area contributed by atoms with E-state index in [9.17, 15) is 0 Å². The Morgan fingerprint density at radius 2 is 2.42 bits per heavy atom. The Kier molecular flexibility index (Phi) is 1.93. The number of nitrogens with one attached hydrogen (secondary N) is 1. The molecule has 66 valence electrons. The summed E-state index contributed by atoms with van der Waals surface area (Å²) in [5.74, 6) is 0. The van der Waals surface area contributed by atoms with Crippen molar-refractivity contribution in [2.24, 2.45) is 5.41 Å². The Hall–Kier alpha value is -0.410. The van der Waals surface area contributed by atoms with Crippen molar-refractivity contribution in [3.05, 3.63) is 16.1 Å². The predicted molar refractivity (Wildman–Crippen MR) is 51.5 cm³/mol. The zero-order chi connectivity index (χ0) is 8.60. The van der Waals surface area contributed by atoms with Gasteiger partial charge in [-0.3, -0.25) is 0 Å². The number of hydrogen-bond donors (Lipinski definition) is 1. The van der Waals surface area contributed by atoms with Crippen LogP contribution in [-0.4, -0.2) is 18.1 Å². The molecule has 2 heterocycles. The van der Waals surface area contributed by atoms with Crippen molar-refractivity contribution in [2.75, 3.05) is 13.1 Å². The summed E-state index contributed by atoms with van der Waals surface area (Å²) in [6, 6.07) is 0. The molecule has 0 unspecified atom stereocenters. The van der Waals surface area contributed by atoms with Crippen LogP contribution in [0.2, 0.25) is 0 Å². The Bertz CT molecular complexity index is 276. The second kappa shape index (κ2) is 2.82. The molecule has 3 heteroatoms. The number of aromatic nitrogens is 1. The van der Waals surface area contributed by atoms with Crippen molar-refractivity contribution in [1.29, 1.82) is 0 Å². The summed E-state index contributed by atoms with van der Waals surface area (Å²) >= 11 is 1.79. The lowest BCUT2D eigenvalue weighted by atomic mass is 9.81. The SMILES string of the molecule is Cc1csc(CC2(C)CNC2)n1. The van der Waals surface area contributed by atoms with Gasteiger partial charge in [-0.15, -0.1) is 11.3 Å². The van der Waals surface area contributed by atoms with Crippen LogP contribution in [0.3, 0.4) is 0 Å². The molecule has 0 spiro atoms. The van der Waals surface area contributed by atoms with Crippen LogP contribution < -0.4 is 5.32 Å². The third kappa shape index (κ3) is 1.52. The molecule has 1 N–H and O–H groups in total. The Morgan fingerprint density at radius 3 is 2.83 bits per heavy atom. The molecule has 1 aromatic rings. The molecule has 1 fully saturated rings. The average molecular weight is 182 g/mol. The van der Waals surface area contributed by atoms with Crippen molar-refractivity contribution in [2.45, 2.75) is 20.3 Å². The lowest BCUT2D eigenvalue weighted by Gasteiger charge is -2.38. The quantitative estimate of drug-likeness (QED) is 0.751. The molecule has 1 saturated heterocycles. The van der Waals surface area contributed by atoms with E-state index in [1.807, 2.05) is 0 Å². The first-order valence-corrected chi connectivity index (χ1v) is 5.18. The first-order valence-electron chi connectivity index (χ1n) is 4.30. The molecule has 0 aromatic carbocycles. The fourth-order valence-electron chi connectivity index (χ4n) is 1.53. The summed E-state index contributed by atoms with van der Waals surface area (Å²) in [5.41, 5.74) is 1.63. The third-order valence-electron chi connectivity index (χ3n) is 2.35. The van der Waals surface area contributed by atoms with Gasteiger partial charge in [-0.1, -0.05) is 6.92 Å². The van der Waals surface area contributed by atoms with Crippen LogP contribution in [0.25, 0.3) is 0 Å². The smallest absolute Gasteiger partial charge is 0.0934 e. The van der Waals surface area contributed by atoms with Crippen LogP contribution in [0.5, 0.6) is 0 Å². The average Bonchev–Trinajstić information content (AvgIpc) is 2.32. The number of hydrogen-bond acceptors (Lipinski definition) is 3. The minimum atomic E-state index is 0.476. The molecular formula is C9H14N2S. The molecule has 0 atom stereocenters. The van der Waals surface area contributed by atoms with E-state index in [4.69, 9.17) is 0 Å². The first kappa shape index (κ1) is 8.20. The van der Waals surface area contributed by atoms with E-state index >= 15 is 0 Å². The minimum Gasteiger partial charge on any atom is -0.316 e. The fraction of sp³-hybridized carbons (Fsp3) is 0.667. The maximum absolute atomic E-state index is 4.47. The number of thiazole rings is 1. The molecule has 0 bridgehead atoms. The molecule has 1 aliphatic rings. The molecule has 0 radical (unpaired) electrons. The van der Waals surface area contributed by atoms with Gasteiger partial charge in [0, 0.05) is 30.6 Å². The summed E-state index contributed by atoms with van der Waals surface area (Å²) in [5, 5.41) is 6.72. The second-order valence-electron chi connectivity index (χ2n) is 3.97. The number of rotatable bonds is 2. The first-order chi connectivity index (χ1) is 5.68. The highest BCUT2D eigenvalue weighted by molar-refractivity contribution is 7.09. The van der Waals surface area contributed by atoms with E-state index in [0.717, 1.165) is 25.2 Å². The van der Waals surface area contributed by atoms with E-state index in [1.54, 1.807) is 11.3 Å². The molecule has 0 amide bonds. The largest absolute Gasteiger partial charge is 0.316 e. The van der Waals surface area contributed by atoms with Crippen molar-refractivity contribution in [3.63, 3.8) is 0 Å². The molecule has 12 heavy (non-hydrogen) atoms. The topological polar surface area (TPSA) is 24.9 Å². The van der Waals surface area contributed by atoms with Crippen LogP contribution in [-0.2, 0) is 6.42 Å². The molecule has 0 aliphatic carbocycles. The molecule has 2 nitrogen and oxygen atoms in total. The van der Waals surface area contributed by atoms with Crippen molar-refractivity contribution < 1.29 is 0 Å². The van der Waals surface area contributed by atoms with Gasteiger partial charge < -0.3 is 5.32 Å². The van der Waals surface area contributed by atoms with E-state index < -0.39 is 0 Å². The van der Waals surface area contributed by atoms with E-state index in [-0.39, 0.29) is 0 Å². The van der Waals surface area contributed by atoms with Crippen LogP contribution >= 0.6 is 11.3 Å². The Labute approximate surface area is 77.0 Å². The van der Waals surface area contributed by atoms with Crippen LogP contribution in [0.4, 0.5) is 0 Å². The molecule has 2 rings (SSSR count). The van der Waals surface area contributed by atoms with Crippen LogP contribution in [0.15, 0.2) is 5.38 Å². The van der Waals surface area contributed by atoms with Gasteiger partial charge in [-0.25, -0.2) is 4.98 Å². The van der Waals surface area contributed by atoms with Crippen LogP contribution in [0, 0.1) is 12.3 Å². The van der Waals surface area contributed by atoms with E-state index in [2.05, 4.69) is 29.5 Å². The molecule has 0 saturated carbocycles. The van der Waals surface area contributed by atoms with E-state index in [1.165, 1.54) is 5.01 Å². The Balaban J connectivity index is 2.03. The lowest BCUT2D eigenvalue weighted by Crippen LogP contribution is -2.52. The summed E-state index contributed by atoms with van der Waals surface area (Å²) in [6.45, 7) is 6.67. The van der Waals surface area contributed by atoms with E-state index in [0.29, 0.717) is 5.41 Å². The van der Waals surface area contributed by atoms with Gasteiger partial charge in [0.05, 0.1) is 5.01 Å². The predicted octanol–water partition coefficient (Wildman–Crippen LogP) is 1.60. The lowest BCUT2D eigenvalue weighted by molar-refractivity contribution is 0.195. The molecule has 1 aromatic heterocycles. The number of aryl methyl sites for hydroxylation is 1. The summed E-state index contributed by atoms with van der Waals surface area (Å²) < 4.78 is 0. The highest BCUT2D eigenvalue weighted by Gasteiger charge is 2.32. The molecule has 1 aliphatic heterocycles. The van der Waals surface area contributed by atoms with Gasteiger partial charge in [0.2, 0.25) is 0 Å². The standard InChI is InChI=1S/C9H14N2S/c1-7-4-12-8(11-7)3-9(2)5-10-6-9/h4,10H,3,5-6H2,1-2H3. The highest BCUT2D eigenvalue weighted by atomic mass is 32.1. The van der Waals surface area contributed by atoms with Crippen molar-refractivity contribution >= 4 is 11.3 Å². The van der Waals surface area contributed by atoms with Gasteiger partial charge >= 0.3 is 0 Å². The zero-order valence-corrected chi connectivity index (χ0v) is 8.37. The van der Waals surface area contributed by atoms with Gasteiger partial charge in [0.1, 0.15) is 0 Å². The second-order valence-corrected chi connectivity index (χ2v) is 4.92. The maximum Gasteiger partial charge on any atom is 0.0934 e. The van der Waals surface area contributed by atoms with Crippen molar-refractivity contribution in [3.8, 4) is 0 Å².